The summed E-state index contributed by atoms with van der Waals surface area (Å²) < 4.78 is 36.8. The zero-order chi connectivity index (χ0) is 21.3. The molecule has 0 aliphatic heterocycles. The Bertz CT molecular complexity index is 942. The predicted molar refractivity (Wildman–Crippen MR) is 107 cm³/mol. The molecule has 0 bridgehead atoms. The van der Waals surface area contributed by atoms with Gasteiger partial charge in [-0.25, -0.2) is 17.9 Å². The predicted octanol–water partition coefficient (Wildman–Crippen LogP) is 1.86. The Balaban J connectivity index is 1.88. The van der Waals surface area contributed by atoms with Crippen LogP contribution in [-0.4, -0.2) is 40.6 Å². The van der Waals surface area contributed by atoms with Crippen molar-refractivity contribution < 1.29 is 27.5 Å². The molecular weight excluding hydrogens is 396 g/mol. The number of nitrogens with one attached hydrogen (secondary N) is 2. The average molecular weight is 420 g/mol. The van der Waals surface area contributed by atoms with Gasteiger partial charge in [-0.15, -0.1) is 0 Å². The first-order valence-electron chi connectivity index (χ1n) is 9.02. The Hall–Kier alpha value is -2.91. The van der Waals surface area contributed by atoms with Crippen molar-refractivity contribution in [1.29, 1.82) is 0 Å². The Labute approximate surface area is 170 Å². The standard InChI is InChI=1S/C20H24N2O6S/c1-3-11-22-29(25,26)18-6-4-5-16(12-18)20(24)28-14-19(23)21-13-15-7-9-17(27-2)10-8-15/h4-10,12,22H,3,11,13-14H2,1-2H3,(H,21,23). The van der Waals surface area contributed by atoms with E-state index in [0.29, 0.717) is 18.7 Å². The summed E-state index contributed by atoms with van der Waals surface area (Å²) in [4.78, 5) is 24.0. The Morgan fingerprint density at radius 1 is 1.07 bits per heavy atom. The summed E-state index contributed by atoms with van der Waals surface area (Å²) in [6.07, 6.45) is 0.645. The SMILES string of the molecule is CCCNS(=O)(=O)c1cccc(C(=O)OCC(=O)NCc2ccc(OC)cc2)c1. The zero-order valence-electron chi connectivity index (χ0n) is 16.3. The van der Waals surface area contributed by atoms with Crippen molar-refractivity contribution in [2.75, 3.05) is 20.3 Å². The van der Waals surface area contributed by atoms with Gasteiger partial charge in [0.2, 0.25) is 10.0 Å². The van der Waals surface area contributed by atoms with Crippen LogP contribution in [0.25, 0.3) is 0 Å². The van der Waals surface area contributed by atoms with Gasteiger partial charge in [-0.3, -0.25) is 4.79 Å². The molecule has 0 saturated heterocycles. The quantitative estimate of drug-likeness (QED) is 0.568. The van der Waals surface area contributed by atoms with Crippen molar-refractivity contribution in [3.05, 3.63) is 59.7 Å². The molecule has 29 heavy (non-hydrogen) atoms. The van der Waals surface area contributed by atoms with E-state index in [1.54, 1.807) is 19.2 Å². The van der Waals surface area contributed by atoms with E-state index < -0.39 is 28.5 Å². The van der Waals surface area contributed by atoms with Crippen molar-refractivity contribution >= 4 is 21.9 Å². The van der Waals surface area contributed by atoms with Crippen LogP contribution in [0, 0.1) is 0 Å². The number of benzene rings is 2. The summed E-state index contributed by atoms with van der Waals surface area (Å²) in [7, 11) is -2.13. The second kappa shape index (κ2) is 10.6. The third kappa shape index (κ3) is 6.88. The minimum Gasteiger partial charge on any atom is -0.497 e. The van der Waals surface area contributed by atoms with E-state index in [9.17, 15) is 18.0 Å². The van der Waals surface area contributed by atoms with Gasteiger partial charge in [-0.05, 0) is 42.3 Å². The van der Waals surface area contributed by atoms with E-state index in [2.05, 4.69) is 10.0 Å². The summed E-state index contributed by atoms with van der Waals surface area (Å²) >= 11 is 0. The monoisotopic (exact) mass is 420 g/mol. The maximum atomic E-state index is 12.2. The fraction of sp³-hybridized carbons (Fsp3) is 0.300. The molecule has 0 aliphatic carbocycles. The van der Waals surface area contributed by atoms with Gasteiger partial charge in [0.05, 0.1) is 17.6 Å². The summed E-state index contributed by atoms with van der Waals surface area (Å²) in [6.45, 7) is 1.94. The van der Waals surface area contributed by atoms with Gasteiger partial charge in [0, 0.05) is 13.1 Å². The van der Waals surface area contributed by atoms with E-state index in [1.165, 1.54) is 24.3 Å². The Kier molecular flexibility index (Phi) is 8.17. The van der Waals surface area contributed by atoms with E-state index in [1.807, 2.05) is 19.1 Å². The largest absolute Gasteiger partial charge is 0.497 e. The molecule has 0 spiro atoms. The number of sulfonamides is 1. The highest BCUT2D eigenvalue weighted by Gasteiger charge is 2.17. The summed E-state index contributed by atoms with van der Waals surface area (Å²) in [5.41, 5.74) is 0.912. The fourth-order valence-electron chi connectivity index (χ4n) is 2.32. The lowest BCUT2D eigenvalue weighted by atomic mass is 10.2. The van der Waals surface area contributed by atoms with Gasteiger partial charge >= 0.3 is 5.97 Å². The molecule has 0 aromatic heterocycles. The van der Waals surface area contributed by atoms with Crippen LogP contribution in [0.2, 0.25) is 0 Å². The fourth-order valence-corrected chi connectivity index (χ4v) is 3.50. The lowest BCUT2D eigenvalue weighted by molar-refractivity contribution is -0.124. The third-order valence-corrected chi connectivity index (χ3v) is 5.36. The number of carbonyl (C=O) groups excluding carboxylic acids is 2. The molecule has 1 amide bonds. The first kappa shape index (κ1) is 22.4. The summed E-state index contributed by atoms with van der Waals surface area (Å²) in [5.74, 6) is -0.539. The topological polar surface area (TPSA) is 111 Å². The number of carbonyl (C=O) groups is 2. The van der Waals surface area contributed by atoms with Crippen LogP contribution in [0.1, 0.15) is 29.3 Å². The molecule has 0 atom stereocenters. The summed E-state index contributed by atoms with van der Waals surface area (Å²) in [6, 6.07) is 12.6. The normalized spacial score (nSPS) is 11.0. The lowest BCUT2D eigenvalue weighted by Gasteiger charge is -2.09. The molecule has 0 aliphatic rings. The van der Waals surface area contributed by atoms with E-state index >= 15 is 0 Å². The molecule has 2 aromatic carbocycles. The Morgan fingerprint density at radius 3 is 2.45 bits per heavy atom. The molecule has 0 unspecified atom stereocenters. The zero-order valence-corrected chi connectivity index (χ0v) is 17.1. The van der Waals surface area contributed by atoms with Gasteiger partial charge in [0.15, 0.2) is 6.61 Å². The van der Waals surface area contributed by atoms with Gasteiger partial charge in [0.1, 0.15) is 5.75 Å². The van der Waals surface area contributed by atoms with Crippen LogP contribution in [0.3, 0.4) is 0 Å². The maximum absolute atomic E-state index is 12.2. The van der Waals surface area contributed by atoms with Gasteiger partial charge in [0.25, 0.3) is 5.91 Å². The molecule has 156 valence electrons. The van der Waals surface area contributed by atoms with Crippen molar-refractivity contribution in [2.45, 2.75) is 24.8 Å². The first-order chi connectivity index (χ1) is 13.9. The second-order valence-corrected chi connectivity index (χ2v) is 7.89. The number of methoxy groups -OCH3 is 1. The van der Waals surface area contributed by atoms with Crippen LogP contribution >= 0.6 is 0 Å². The van der Waals surface area contributed by atoms with Crippen molar-refractivity contribution in [1.82, 2.24) is 10.0 Å². The molecule has 0 fully saturated rings. The molecular formula is C20H24N2O6S. The smallest absolute Gasteiger partial charge is 0.338 e. The second-order valence-electron chi connectivity index (χ2n) is 6.13. The summed E-state index contributed by atoms with van der Waals surface area (Å²) in [5, 5.41) is 2.64. The third-order valence-electron chi connectivity index (χ3n) is 3.91. The number of hydrogen-bond donors (Lipinski definition) is 2. The maximum Gasteiger partial charge on any atom is 0.338 e. The molecule has 9 heteroatoms. The van der Waals surface area contributed by atoms with E-state index in [4.69, 9.17) is 9.47 Å². The number of amides is 1. The Morgan fingerprint density at radius 2 is 1.79 bits per heavy atom. The average Bonchev–Trinajstić information content (AvgIpc) is 2.75. The van der Waals surface area contributed by atoms with Gasteiger partial charge < -0.3 is 14.8 Å². The van der Waals surface area contributed by atoms with Crippen LogP contribution < -0.4 is 14.8 Å². The number of rotatable bonds is 10. The number of hydrogen-bond acceptors (Lipinski definition) is 6. The van der Waals surface area contributed by atoms with Gasteiger partial charge in [-0.2, -0.15) is 0 Å². The molecule has 2 N–H and O–H groups in total. The molecule has 8 nitrogen and oxygen atoms in total. The molecule has 0 radical (unpaired) electrons. The van der Waals surface area contributed by atoms with Crippen LogP contribution in [-0.2, 0) is 26.1 Å². The minimum absolute atomic E-state index is 0.0376. The highest BCUT2D eigenvalue weighted by Crippen LogP contribution is 2.13. The minimum atomic E-state index is -3.70. The lowest BCUT2D eigenvalue weighted by Crippen LogP contribution is -2.28. The molecule has 0 saturated carbocycles. The van der Waals surface area contributed by atoms with E-state index in [0.717, 1.165) is 5.56 Å². The molecule has 2 rings (SSSR count). The number of ether oxygens (including phenoxy) is 2. The van der Waals surface area contributed by atoms with Crippen molar-refractivity contribution in [3.8, 4) is 5.75 Å². The van der Waals surface area contributed by atoms with Crippen molar-refractivity contribution in [3.63, 3.8) is 0 Å². The van der Waals surface area contributed by atoms with Crippen LogP contribution in [0.15, 0.2) is 53.4 Å². The van der Waals surface area contributed by atoms with E-state index in [-0.39, 0.29) is 17.0 Å². The highest BCUT2D eigenvalue weighted by atomic mass is 32.2. The molecule has 2 aromatic rings. The number of esters is 1. The highest BCUT2D eigenvalue weighted by molar-refractivity contribution is 7.89. The van der Waals surface area contributed by atoms with Crippen LogP contribution in [0.5, 0.6) is 5.75 Å². The van der Waals surface area contributed by atoms with Crippen LogP contribution in [0.4, 0.5) is 0 Å². The molecule has 0 heterocycles. The van der Waals surface area contributed by atoms with Gasteiger partial charge in [-0.1, -0.05) is 25.1 Å². The van der Waals surface area contributed by atoms with Crippen molar-refractivity contribution in [2.24, 2.45) is 0 Å². The first-order valence-corrected chi connectivity index (χ1v) is 10.5.